The Kier molecular flexibility index (Phi) is 4.76. The third kappa shape index (κ3) is 4.54. The number of amides is 1. The Balaban J connectivity index is 1.88. The Bertz CT molecular complexity index is 592. The van der Waals surface area contributed by atoms with Crippen LogP contribution in [0.5, 0.6) is 5.75 Å². The van der Waals surface area contributed by atoms with E-state index in [1.807, 2.05) is 0 Å². The summed E-state index contributed by atoms with van der Waals surface area (Å²) in [6.07, 6.45) is 3.18. The number of carbonyl (C=O) groups is 1. The van der Waals surface area contributed by atoms with E-state index in [-0.39, 0.29) is 12.5 Å². The van der Waals surface area contributed by atoms with E-state index in [2.05, 4.69) is 26.2 Å². The number of pyridine rings is 1. The summed E-state index contributed by atoms with van der Waals surface area (Å²) in [7, 11) is 0. The monoisotopic (exact) mass is 340 g/mol. The van der Waals surface area contributed by atoms with E-state index in [9.17, 15) is 4.79 Å². The zero-order chi connectivity index (χ0) is 13.7. The Hall–Kier alpha value is -1.59. The topological polar surface area (TPSA) is 51.2 Å². The SMILES string of the molecule is O=C(COc1cncc(Br)c1)Nc1cccc(Cl)c1. The van der Waals surface area contributed by atoms with E-state index in [0.717, 1.165) is 4.47 Å². The molecule has 1 aromatic carbocycles. The smallest absolute Gasteiger partial charge is 0.262 e. The molecule has 1 aromatic heterocycles. The number of benzene rings is 1. The van der Waals surface area contributed by atoms with Gasteiger partial charge in [0.05, 0.1) is 6.20 Å². The summed E-state index contributed by atoms with van der Waals surface area (Å²) in [6, 6.07) is 8.65. The lowest BCUT2D eigenvalue weighted by Crippen LogP contribution is -2.20. The Labute approximate surface area is 123 Å². The molecule has 0 radical (unpaired) electrons. The molecule has 0 aliphatic rings. The van der Waals surface area contributed by atoms with Crippen molar-refractivity contribution in [3.8, 4) is 5.75 Å². The number of nitrogens with one attached hydrogen (secondary N) is 1. The van der Waals surface area contributed by atoms with Crippen molar-refractivity contribution >= 4 is 39.1 Å². The van der Waals surface area contributed by atoms with E-state index >= 15 is 0 Å². The third-order valence-electron chi connectivity index (χ3n) is 2.16. The number of halogens is 2. The number of aromatic nitrogens is 1. The van der Waals surface area contributed by atoms with E-state index in [1.165, 1.54) is 6.20 Å². The number of anilines is 1. The first-order valence-corrected chi connectivity index (χ1v) is 6.59. The van der Waals surface area contributed by atoms with Gasteiger partial charge in [-0.2, -0.15) is 0 Å². The quantitative estimate of drug-likeness (QED) is 0.926. The number of ether oxygens (including phenoxy) is 1. The summed E-state index contributed by atoms with van der Waals surface area (Å²) in [5, 5.41) is 3.25. The normalized spacial score (nSPS) is 10.0. The van der Waals surface area contributed by atoms with Gasteiger partial charge in [0.1, 0.15) is 5.75 Å². The maximum atomic E-state index is 11.7. The Morgan fingerprint density at radius 2 is 2.21 bits per heavy atom. The highest BCUT2D eigenvalue weighted by Gasteiger charge is 2.04. The van der Waals surface area contributed by atoms with Crippen LogP contribution >= 0.6 is 27.5 Å². The fraction of sp³-hybridized carbons (Fsp3) is 0.0769. The molecule has 19 heavy (non-hydrogen) atoms. The molecule has 0 spiro atoms. The molecule has 0 aliphatic heterocycles. The maximum absolute atomic E-state index is 11.7. The summed E-state index contributed by atoms with van der Waals surface area (Å²) in [5.41, 5.74) is 0.633. The second-order valence-electron chi connectivity index (χ2n) is 3.69. The van der Waals surface area contributed by atoms with E-state index in [4.69, 9.17) is 16.3 Å². The zero-order valence-corrected chi connectivity index (χ0v) is 12.1. The van der Waals surface area contributed by atoms with Gasteiger partial charge in [0.2, 0.25) is 0 Å². The summed E-state index contributed by atoms with van der Waals surface area (Å²) < 4.78 is 6.11. The second kappa shape index (κ2) is 6.54. The first-order chi connectivity index (χ1) is 9.13. The van der Waals surface area contributed by atoms with Crippen molar-refractivity contribution in [3.05, 3.63) is 52.2 Å². The van der Waals surface area contributed by atoms with Gasteiger partial charge in [-0.25, -0.2) is 0 Å². The van der Waals surface area contributed by atoms with Crippen molar-refractivity contribution in [2.75, 3.05) is 11.9 Å². The first-order valence-electron chi connectivity index (χ1n) is 5.42. The highest BCUT2D eigenvalue weighted by Crippen LogP contribution is 2.16. The van der Waals surface area contributed by atoms with Crippen LogP contribution in [0.1, 0.15) is 0 Å². The molecule has 6 heteroatoms. The minimum Gasteiger partial charge on any atom is -0.482 e. The molecule has 0 aliphatic carbocycles. The lowest BCUT2D eigenvalue weighted by Gasteiger charge is -2.07. The molecule has 2 aromatic rings. The largest absolute Gasteiger partial charge is 0.482 e. The average Bonchev–Trinajstić information content (AvgIpc) is 2.36. The molecule has 1 heterocycles. The van der Waals surface area contributed by atoms with Crippen LogP contribution in [-0.2, 0) is 4.79 Å². The lowest BCUT2D eigenvalue weighted by molar-refractivity contribution is -0.118. The molecule has 1 N–H and O–H groups in total. The number of hydrogen-bond donors (Lipinski definition) is 1. The molecule has 0 saturated carbocycles. The van der Waals surface area contributed by atoms with Crippen molar-refractivity contribution in [2.24, 2.45) is 0 Å². The molecule has 98 valence electrons. The van der Waals surface area contributed by atoms with Crippen molar-refractivity contribution in [1.82, 2.24) is 4.98 Å². The van der Waals surface area contributed by atoms with Crippen LogP contribution in [0.25, 0.3) is 0 Å². The fourth-order valence-electron chi connectivity index (χ4n) is 1.38. The van der Waals surface area contributed by atoms with Gasteiger partial charge in [-0.1, -0.05) is 17.7 Å². The molecule has 1 amide bonds. The third-order valence-corrected chi connectivity index (χ3v) is 2.83. The zero-order valence-electron chi connectivity index (χ0n) is 9.77. The standard InChI is InChI=1S/C13H10BrClN2O2/c14-9-4-12(7-16-6-9)19-8-13(18)17-11-3-1-2-10(15)5-11/h1-7H,8H2,(H,17,18). The van der Waals surface area contributed by atoms with Crippen molar-refractivity contribution in [3.63, 3.8) is 0 Å². The van der Waals surface area contributed by atoms with Crippen LogP contribution < -0.4 is 10.1 Å². The fourth-order valence-corrected chi connectivity index (χ4v) is 1.92. The highest BCUT2D eigenvalue weighted by molar-refractivity contribution is 9.10. The van der Waals surface area contributed by atoms with Crippen LogP contribution in [0.3, 0.4) is 0 Å². The number of hydrogen-bond acceptors (Lipinski definition) is 3. The number of nitrogens with zero attached hydrogens (tertiary/aromatic N) is 1. The molecular formula is C13H10BrClN2O2. The van der Waals surface area contributed by atoms with E-state index in [1.54, 1.807) is 36.5 Å². The van der Waals surface area contributed by atoms with Gasteiger partial charge in [-0.3, -0.25) is 9.78 Å². The number of carbonyl (C=O) groups excluding carboxylic acids is 1. The summed E-state index contributed by atoms with van der Waals surface area (Å²) in [6.45, 7) is -0.0926. The van der Waals surface area contributed by atoms with Gasteiger partial charge < -0.3 is 10.1 Å². The van der Waals surface area contributed by atoms with E-state index < -0.39 is 0 Å². The second-order valence-corrected chi connectivity index (χ2v) is 5.04. The van der Waals surface area contributed by atoms with E-state index in [0.29, 0.717) is 16.5 Å². The minimum absolute atomic E-state index is 0.0926. The average molecular weight is 342 g/mol. The van der Waals surface area contributed by atoms with Crippen LogP contribution in [0.4, 0.5) is 5.69 Å². The Morgan fingerprint density at radius 3 is 2.95 bits per heavy atom. The lowest BCUT2D eigenvalue weighted by atomic mass is 10.3. The van der Waals surface area contributed by atoms with Gasteiger partial charge in [0, 0.05) is 21.4 Å². The Morgan fingerprint density at radius 1 is 1.37 bits per heavy atom. The molecule has 0 bridgehead atoms. The summed E-state index contributed by atoms with van der Waals surface area (Å²) >= 11 is 9.10. The van der Waals surface area contributed by atoms with Crippen LogP contribution in [-0.4, -0.2) is 17.5 Å². The highest BCUT2D eigenvalue weighted by atomic mass is 79.9. The molecule has 0 atom stereocenters. The molecular weight excluding hydrogens is 332 g/mol. The summed E-state index contributed by atoms with van der Waals surface area (Å²) in [4.78, 5) is 15.6. The van der Waals surface area contributed by atoms with Gasteiger partial charge in [-0.15, -0.1) is 0 Å². The van der Waals surface area contributed by atoms with Gasteiger partial charge in [0.25, 0.3) is 5.91 Å². The van der Waals surface area contributed by atoms with Gasteiger partial charge >= 0.3 is 0 Å². The van der Waals surface area contributed by atoms with Crippen LogP contribution in [0, 0.1) is 0 Å². The van der Waals surface area contributed by atoms with Crippen molar-refractivity contribution < 1.29 is 9.53 Å². The van der Waals surface area contributed by atoms with Crippen molar-refractivity contribution in [1.29, 1.82) is 0 Å². The minimum atomic E-state index is -0.262. The number of rotatable bonds is 4. The molecule has 0 saturated heterocycles. The predicted molar refractivity (Wildman–Crippen MR) is 77.5 cm³/mol. The van der Waals surface area contributed by atoms with Crippen LogP contribution in [0.2, 0.25) is 5.02 Å². The maximum Gasteiger partial charge on any atom is 0.262 e. The van der Waals surface area contributed by atoms with Crippen LogP contribution in [0.15, 0.2) is 47.2 Å². The molecule has 0 unspecified atom stereocenters. The first kappa shape index (κ1) is 13.8. The van der Waals surface area contributed by atoms with Gasteiger partial charge in [-0.05, 0) is 40.2 Å². The van der Waals surface area contributed by atoms with Crippen molar-refractivity contribution in [2.45, 2.75) is 0 Å². The molecule has 4 nitrogen and oxygen atoms in total. The summed E-state index contributed by atoms with van der Waals surface area (Å²) in [5.74, 6) is 0.262. The van der Waals surface area contributed by atoms with Gasteiger partial charge in [0.15, 0.2) is 6.61 Å². The molecule has 2 rings (SSSR count). The molecule has 0 fully saturated rings. The predicted octanol–water partition coefficient (Wildman–Crippen LogP) is 3.52.